The summed E-state index contributed by atoms with van der Waals surface area (Å²) in [6.07, 6.45) is 1.69. The Morgan fingerprint density at radius 3 is 2.74 bits per heavy atom. The Kier molecular flexibility index (Phi) is 4.43. The molecule has 2 aromatic heterocycles. The number of furan rings is 1. The van der Waals surface area contributed by atoms with Gasteiger partial charge in [-0.05, 0) is 40.1 Å². The van der Waals surface area contributed by atoms with E-state index < -0.39 is 0 Å². The summed E-state index contributed by atoms with van der Waals surface area (Å²) in [5.41, 5.74) is 0.987. The van der Waals surface area contributed by atoms with Crippen molar-refractivity contribution in [1.82, 2.24) is 14.9 Å². The molecule has 2 rings (SSSR count). The van der Waals surface area contributed by atoms with Crippen molar-refractivity contribution in [2.75, 3.05) is 6.54 Å². The lowest BCUT2D eigenvalue weighted by molar-refractivity contribution is 0.445. The van der Waals surface area contributed by atoms with Crippen LogP contribution in [0.2, 0.25) is 0 Å². The van der Waals surface area contributed by atoms with E-state index in [0.717, 1.165) is 27.3 Å². The molecule has 4 nitrogen and oxygen atoms in total. The standard InChI is InChI=1S/C13H18BrN3OS/c1-5-15-9(10-8(14)6-7-18-10)11-12(13(2,3)4)16-17-19-11/h6-7,9,15H,5H2,1-4H3. The Morgan fingerprint density at radius 2 is 2.21 bits per heavy atom. The Balaban J connectivity index is 2.46. The maximum absolute atomic E-state index is 5.61. The zero-order valence-electron chi connectivity index (χ0n) is 11.5. The molecular weight excluding hydrogens is 326 g/mol. The van der Waals surface area contributed by atoms with Crippen molar-refractivity contribution in [3.05, 3.63) is 33.1 Å². The molecule has 0 aromatic carbocycles. The average molecular weight is 344 g/mol. The molecule has 0 aliphatic heterocycles. The number of halogens is 1. The van der Waals surface area contributed by atoms with Crippen molar-refractivity contribution < 1.29 is 4.42 Å². The normalized spacial score (nSPS) is 13.7. The van der Waals surface area contributed by atoms with E-state index in [4.69, 9.17) is 4.42 Å². The first-order valence-corrected chi connectivity index (χ1v) is 7.80. The van der Waals surface area contributed by atoms with Gasteiger partial charge in [0.05, 0.1) is 21.3 Å². The smallest absolute Gasteiger partial charge is 0.140 e. The van der Waals surface area contributed by atoms with Gasteiger partial charge in [-0.15, -0.1) is 5.10 Å². The summed E-state index contributed by atoms with van der Waals surface area (Å²) in [6, 6.07) is 1.90. The van der Waals surface area contributed by atoms with Crippen LogP contribution >= 0.6 is 27.5 Å². The van der Waals surface area contributed by atoms with Crippen LogP contribution in [0.5, 0.6) is 0 Å². The van der Waals surface area contributed by atoms with Crippen LogP contribution in [0.3, 0.4) is 0 Å². The zero-order chi connectivity index (χ0) is 14.0. The number of hydrogen-bond acceptors (Lipinski definition) is 5. The highest BCUT2D eigenvalue weighted by atomic mass is 79.9. The van der Waals surface area contributed by atoms with E-state index in [-0.39, 0.29) is 11.5 Å². The monoisotopic (exact) mass is 343 g/mol. The minimum Gasteiger partial charge on any atom is -0.466 e. The van der Waals surface area contributed by atoms with Gasteiger partial charge in [-0.1, -0.05) is 32.2 Å². The Morgan fingerprint density at radius 1 is 1.47 bits per heavy atom. The third kappa shape index (κ3) is 3.07. The Hall–Kier alpha value is -0.720. The number of nitrogens with one attached hydrogen (secondary N) is 1. The highest BCUT2D eigenvalue weighted by molar-refractivity contribution is 9.10. The number of aromatic nitrogens is 2. The second-order valence-corrected chi connectivity index (χ2v) is 7.00. The fraction of sp³-hybridized carbons (Fsp3) is 0.538. The van der Waals surface area contributed by atoms with Crippen molar-refractivity contribution >= 4 is 27.5 Å². The van der Waals surface area contributed by atoms with Gasteiger partial charge in [0.15, 0.2) is 0 Å². The first kappa shape index (κ1) is 14.7. The molecule has 0 saturated heterocycles. The number of rotatable bonds is 4. The highest BCUT2D eigenvalue weighted by Gasteiger charge is 2.30. The molecule has 0 radical (unpaired) electrons. The second kappa shape index (κ2) is 5.73. The lowest BCUT2D eigenvalue weighted by Crippen LogP contribution is -2.25. The molecule has 0 aliphatic rings. The molecule has 0 bridgehead atoms. The first-order chi connectivity index (χ1) is 8.95. The summed E-state index contributed by atoms with van der Waals surface area (Å²) in [7, 11) is 0. The number of nitrogens with zero attached hydrogens (tertiary/aromatic N) is 2. The summed E-state index contributed by atoms with van der Waals surface area (Å²) in [5, 5.41) is 7.75. The van der Waals surface area contributed by atoms with Gasteiger partial charge in [0.1, 0.15) is 11.8 Å². The van der Waals surface area contributed by atoms with Crippen LogP contribution in [0.4, 0.5) is 0 Å². The predicted molar refractivity (Wildman–Crippen MR) is 80.5 cm³/mol. The van der Waals surface area contributed by atoms with Gasteiger partial charge in [0.2, 0.25) is 0 Å². The van der Waals surface area contributed by atoms with Crippen LogP contribution in [0.1, 0.15) is 50.1 Å². The molecule has 1 unspecified atom stereocenters. The third-order valence-corrected chi connectivity index (χ3v) is 4.25. The summed E-state index contributed by atoms with van der Waals surface area (Å²) >= 11 is 4.95. The van der Waals surface area contributed by atoms with Gasteiger partial charge >= 0.3 is 0 Å². The van der Waals surface area contributed by atoms with E-state index in [1.165, 1.54) is 11.5 Å². The van der Waals surface area contributed by atoms with Gasteiger partial charge < -0.3 is 9.73 Å². The molecule has 0 saturated carbocycles. The minimum absolute atomic E-state index is 0.0106. The van der Waals surface area contributed by atoms with Gasteiger partial charge in [-0.2, -0.15) is 0 Å². The fourth-order valence-electron chi connectivity index (χ4n) is 1.93. The molecule has 2 heterocycles. The molecule has 19 heavy (non-hydrogen) atoms. The molecule has 2 aromatic rings. The lowest BCUT2D eigenvalue weighted by atomic mass is 9.89. The highest BCUT2D eigenvalue weighted by Crippen LogP contribution is 2.36. The molecule has 0 aliphatic carbocycles. The van der Waals surface area contributed by atoms with E-state index >= 15 is 0 Å². The van der Waals surface area contributed by atoms with Gasteiger partial charge in [-0.25, -0.2) is 0 Å². The van der Waals surface area contributed by atoms with Crippen molar-refractivity contribution in [2.24, 2.45) is 0 Å². The topological polar surface area (TPSA) is 51.0 Å². The van der Waals surface area contributed by atoms with Crippen LogP contribution in [0.15, 0.2) is 21.2 Å². The van der Waals surface area contributed by atoms with E-state index in [1.807, 2.05) is 6.07 Å². The third-order valence-electron chi connectivity index (χ3n) is 2.80. The van der Waals surface area contributed by atoms with Crippen molar-refractivity contribution in [3.8, 4) is 0 Å². The minimum atomic E-state index is -0.0327. The molecular formula is C13H18BrN3OS. The summed E-state index contributed by atoms with van der Waals surface area (Å²) in [5.74, 6) is 0.874. The van der Waals surface area contributed by atoms with Crippen LogP contribution in [0, 0.1) is 0 Å². The lowest BCUT2D eigenvalue weighted by Gasteiger charge is -2.21. The molecule has 104 valence electrons. The van der Waals surface area contributed by atoms with Gasteiger partial charge in [0, 0.05) is 5.41 Å². The molecule has 1 N–H and O–H groups in total. The van der Waals surface area contributed by atoms with Gasteiger partial charge in [-0.3, -0.25) is 0 Å². The maximum atomic E-state index is 5.61. The Labute approximate surface area is 125 Å². The van der Waals surface area contributed by atoms with E-state index in [9.17, 15) is 0 Å². The molecule has 1 atom stereocenters. The molecule has 0 spiro atoms. The summed E-state index contributed by atoms with van der Waals surface area (Å²) in [4.78, 5) is 1.12. The van der Waals surface area contributed by atoms with Crippen molar-refractivity contribution in [1.29, 1.82) is 0 Å². The van der Waals surface area contributed by atoms with E-state index in [1.54, 1.807) is 6.26 Å². The quantitative estimate of drug-likeness (QED) is 0.914. The summed E-state index contributed by atoms with van der Waals surface area (Å²) in [6.45, 7) is 9.36. The predicted octanol–water partition coefficient (Wildman–Crippen LogP) is 3.89. The maximum Gasteiger partial charge on any atom is 0.140 e. The van der Waals surface area contributed by atoms with Gasteiger partial charge in [0.25, 0.3) is 0 Å². The summed E-state index contributed by atoms with van der Waals surface area (Å²) < 4.78 is 10.7. The molecule has 6 heteroatoms. The Bertz CT molecular complexity index is 544. The van der Waals surface area contributed by atoms with E-state index in [2.05, 4.69) is 58.5 Å². The van der Waals surface area contributed by atoms with Crippen LogP contribution in [-0.2, 0) is 5.41 Å². The van der Waals surface area contributed by atoms with Crippen LogP contribution in [0.25, 0.3) is 0 Å². The zero-order valence-corrected chi connectivity index (χ0v) is 13.9. The second-order valence-electron chi connectivity index (χ2n) is 5.36. The number of hydrogen-bond donors (Lipinski definition) is 1. The average Bonchev–Trinajstić information content (AvgIpc) is 2.93. The van der Waals surface area contributed by atoms with Crippen LogP contribution in [-0.4, -0.2) is 16.1 Å². The SMILES string of the molecule is CCNC(c1occc1Br)c1snnc1C(C)(C)C. The largest absolute Gasteiger partial charge is 0.466 e. The van der Waals surface area contributed by atoms with Crippen molar-refractivity contribution in [3.63, 3.8) is 0 Å². The van der Waals surface area contributed by atoms with Crippen molar-refractivity contribution in [2.45, 2.75) is 39.2 Å². The fourth-order valence-corrected chi connectivity index (χ4v) is 3.30. The van der Waals surface area contributed by atoms with Crippen LogP contribution < -0.4 is 5.32 Å². The van der Waals surface area contributed by atoms with E-state index in [0.29, 0.717) is 0 Å². The molecule has 0 fully saturated rings. The molecule has 0 amide bonds. The first-order valence-electron chi connectivity index (χ1n) is 6.24.